The maximum atomic E-state index is 12.7. The molecule has 3 rings (SSSR count). The first-order valence-corrected chi connectivity index (χ1v) is 9.68. The molecule has 0 bridgehead atoms. The quantitative estimate of drug-likeness (QED) is 0.687. The highest BCUT2D eigenvalue weighted by atomic mass is 32.2. The fourth-order valence-corrected chi connectivity index (χ4v) is 3.69. The summed E-state index contributed by atoms with van der Waals surface area (Å²) in [5, 5.41) is 1.65. The molecule has 0 unspecified atom stereocenters. The van der Waals surface area contributed by atoms with E-state index in [9.17, 15) is 13.2 Å². The van der Waals surface area contributed by atoms with E-state index in [4.69, 9.17) is 4.74 Å². The van der Waals surface area contributed by atoms with Gasteiger partial charge in [-0.05, 0) is 48.9 Å². The second-order valence-corrected chi connectivity index (χ2v) is 7.57. The first-order chi connectivity index (χ1) is 12.4. The molecule has 0 aliphatic heterocycles. The number of sulfonamides is 1. The molecule has 0 saturated carbocycles. The summed E-state index contributed by atoms with van der Waals surface area (Å²) in [7, 11) is -3.83. The molecular weight excluding hydrogens is 350 g/mol. The molecule has 1 N–H and O–H groups in total. The number of hydrogen-bond acceptors (Lipinski definition) is 4. The van der Waals surface area contributed by atoms with Gasteiger partial charge in [0, 0.05) is 0 Å². The van der Waals surface area contributed by atoms with Crippen molar-refractivity contribution < 1.29 is 17.9 Å². The molecule has 3 aromatic rings. The molecule has 0 radical (unpaired) electrons. The zero-order valence-electron chi connectivity index (χ0n) is 14.5. The summed E-state index contributed by atoms with van der Waals surface area (Å²) in [5.41, 5.74) is 1.34. The van der Waals surface area contributed by atoms with Gasteiger partial charge in [0.1, 0.15) is 0 Å². The lowest BCUT2D eigenvalue weighted by Gasteiger charge is -2.14. The van der Waals surface area contributed by atoms with Gasteiger partial charge >= 0.3 is 5.97 Å². The fraction of sp³-hybridized carbons (Fsp3) is 0.150. The minimum absolute atomic E-state index is 0.131. The van der Waals surface area contributed by atoms with Gasteiger partial charge in [-0.15, -0.1) is 0 Å². The number of nitrogens with one attached hydrogen (secondary N) is 1. The molecule has 0 spiro atoms. The zero-order valence-corrected chi connectivity index (χ0v) is 15.3. The number of ether oxygens (including phenoxy) is 1. The van der Waals surface area contributed by atoms with E-state index < -0.39 is 16.0 Å². The minimum atomic E-state index is -3.83. The molecule has 0 amide bonds. The largest absolute Gasteiger partial charge is 0.462 e. The molecule has 3 aromatic carbocycles. The highest BCUT2D eigenvalue weighted by Gasteiger charge is 2.20. The number of aryl methyl sites for hydroxylation is 1. The predicted molar refractivity (Wildman–Crippen MR) is 102 cm³/mol. The number of fused-ring (bicyclic) bond motifs is 1. The van der Waals surface area contributed by atoms with Crippen LogP contribution in [0.2, 0.25) is 0 Å². The van der Waals surface area contributed by atoms with Gasteiger partial charge in [-0.1, -0.05) is 42.0 Å². The molecular formula is C20H19NO4S. The molecule has 5 nitrogen and oxygen atoms in total. The van der Waals surface area contributed by atoms with Crippen LogP contribution in [-0.2, 0) is 14.8 Å². The summed E-state index contributed by atoms with van der Waals surface area (Å²) >= 11 is 0. The Labute approximate surface area is 152 Å². The van der Waals surface area contributed by atoms with Gasteiger partial charge in [0.05, 0.1) is 22.8 Å². The fourth-order valence-electron chi connectivity index (χ4n) is 2.62. The molecule has 6 heteroatoms. The van der Waals surface area contributed by atoms with Crippen molar-refractivity contribution >= 4 is 32.5 Å². The van der Waals surface area contributed by atoms with Gasteiger partial charge in [-0.2, -0.15) is 0 Å². The van der Waals surface area contributed by atoms with E-state index in [1.807, 2.05) is 31.2 Å². The minimum Gasteiger partial charge on any atom is -0.462 e. The number of anilines is 1. The molecule has 134 valence electrons. The van der Waals surface area contributed by atoms with Crippen LogP contribution in [0.1, 0.15) is 22.8 Å². The van der Waals surface area contributed by atoms with Gasteiger partial charge in [-0.3, -0.25) is 4.72 Å². The normalized spacial score (nSPS) is 11.3. The molecule has 0 aromatic heterocycles. The van der Waals surface area contributed by atoms with E-state index in [0.29, 0.717) is 0 Å². The maximum Gasteiger partial charge on any atom is 0.340 e. The van der Waals surface area contributed by atoms with Crippen molar-refractivity contribution in [1.82, 2.24) is 0 Å². The third-order valence-electron chi connectivity index (χ3n) is 3.96. The third kappa shape index (κ3) is 3.70. The van der Waals surface area contributed by atoms with Gasteiger partial charge in [0.25, 0.3) is 10.0 Å². The second kappa shape index (κ2) is 7.17. The van der Waals surface area contributed by atoms with Crippen LogP contribution in [0, 0.1) is 6.92 Å². The number of benzene rings is 3. The first kappa shape index (κ1) is 17.9. The van der Waals surface area contributed by atoms with E-state index in [2.05, 4.69) is 4.72 Å². The van der Waals surface area contributed by atoms with Crippen LogP contribution in [0.5, 0.6) is 0 Å². The third-order valence-corrected chi connectivity index (χ3v) is 5.34. The Balaban J connectivity index is 2.08. The van der Waals surface area contributed by atoms with Gasteiger partial charge in [0.15, 0.2) is 0 Å². The Hall–Kier alpha value is -2.86. The summed E-state index contributed by atoms with van der Waals surface area (Å²) in [5.74, 6) is -0.570. The summed E-state index contributed by atoms with van der Waals surface area (Å²) in [6.45, 7) is 3.79. The zero-order chi connectivity index (χ0) is 18.7. The smallest absolute Gasteiger partial charge is 0.340 e. The Bertz CT molecular complexity index is 1060. The van der Waals surface area contributed by atoms with Crippen LogP contribution >= 0.6 is 0 Å². The Kier molecular flexibility index (Phi) is 4.95. The molecule has 26 heavy (non-hydrogen) atoms. The van der Waals surface area contributed by atoms with Crippen LogP contribution in [-0.4, -0.2) is 21.0 Å². The van der Waals surface area contributed by atoms with Crippen molar-refractivity contribution in [3.8, 4) is 0 Å². The van der Waals surface area contributed by atoms with E-state index >= 15 is 0 Å². The van der Waals surface area contributed by atoms with E-state index in [1.165, 1.54) is 12.1 Å². The van der Waals surface area contributed by atoms with Crippen molar-refractivity contribution in [2.45, 2.75) is 18.7 Å². The highest BCUT2D eigenvalue weighted by molar-refractivity contribution is 7.92. The Morgan fingerprint density at radius 2 is 1.62 bits per heavy atom. The standard InChI is InChI=1S/C20H19NO4S/c1-3-25-20(22)18-12-15-6-4-5-7-16(15)13-19(18)21-26(23,24)17-10-8-14(2)9-11-17/h4-13,21H,3H2,1-2H3. The topological polar surface area (TPSA) is 72.5 Å². The van der Waals surface area contributed by atoms with Crippen molar-refractivity contribution in [2.75, 3.05) is 11.3 Å². The SMILES string of the molecule is CCOC(=O)c1cc2ccccc2cc1NS(=O)(=O)c1ccc(C)cc1. The Morgan fingerprint density at radius 1 is 1.00 bits per heavy atom. The van der Waals surface area contributed by atoms with E-state index in [-0.39, 0.29) is 22.8 Å². The lowest BCUT2D eigenvalue weighted by molar-refractivity contribution is 0.0528. The summed E-state index contributed by atoms with van der Waals surface area (Å²) in [4.78, 5) is 12.4. The number of carbonyl (C=O) groups excluding carboxylic acids is 1. The van der Waals surface area contributed by atoms with Crippen molar-refractivity contribution in [3.63, 3.8) is 0 Å². The predicted octanol–water partition coefficient (Wildman–Crippen LogP) is 4.13. The summed E-state index contributed by atoms with van der Waals surface area (Å²) in [6, 6.07) is 17.2. The molecule has 0 aliphatic rings. The number of esters is 1. The van der Waals surface area contributed by atoms with E-state index in [1.54, 1.807) is 31.2 Å². The molecule has 0 heterocycles. The summed E-state index contributed by atoms with van der Waals surface area (Å²) in [6.07, 6.45) is 0. The molecule has 0 aliphatic carbocycles. The number of rotatable bonds is 5. The lowest BCUT2D eigenvalue weighted by Crippen LogP contribution is -2.16. The van der Waals surface area contributed by atoms with Crippen LogP contribution in [0.25, 0.3) is 10.8 Å². The van der Waals surface area contributed by atoms with Crippen molar-refractivity contribution in [3.05, 3.63) is 71.8 Å². The monoisotopic (exact) mass is 369 g/mol. The molecule has 0 atom stereocenters. The van der Waals surface area contributed by atoms with E-state index in [0.717, 1.165) is 16.3 Å². The van der Waals surface area contributed by atoms with Crippen LogP contribution in [0.3, 0.4) is 0 Å². The van der Waals surface area contributed by atoms with Crippen molar-refractivity contribution in [1.29, 1.82) is 0 Å². The highest BCUT2D eigenvalue weighted by Crippen LogP contribution is 2.27. The number of carbonyl (C=O) groups is 1. The first-order valence-electron chi connectivity index (χ1n) is 8.20. The van der Waals surface area contributed by atoms with Crippen LogP contribution in [0.15, 0.2) is 65.6 Å². The van der Waals surface area contributed by atoms with Crippen LogP contribution < -0.4 is 4.72 Å². The average molecular weight is 369 g/mol. The van der Waals surface area contributed by atoms with Crippen molar-refractivity contribution in [2.24, 2.45) is 0 Å². The Morgan fingerprint density at radius 3 is 2.23 bits per heavy atom. The van der Waals surface area contributed by atoms with Gasteiger partial charge in [0.2, 0.25) is 0 Å². The maximum absolute atomic E-state index is 12.7. The summed E-state index contributed by atoms with van der Waals surface area (Å²) < 4.78 is 33.0. The lowest BCUT2D eigenvalue weighted by atomic mass is 10.1. The average Bonchev–Trinajstić information content (AvgIpc) is 2.61. The second-order valence-electron chi connectivity index (χ2n) is 5.88. The molecule has 0 fully saturated rings. The number of hydrogen-bond donors (Lipinski definition) is 1. The van der Waals surface area contributed by atoms with Gasteiger partial charge in [-0.25, -0.2) is 13.2 Å². The van der Waals surface area contributed by atoms with Crippen LogP contribution in [0.4, 0.5) is 5.69 Å². The van der Waals surface area contributed by atoms with Gasteiger partial charge < -0.3 is 4.74 Å². The molecule has 0 saturated heterocycles.